The van der Waals surface area contributed by atoms with E-state index in [4.69, 9.17) is 21.0 Å². The highest BCUT2D eigenvalue weighted by Gasteiger charge is 2.47. The number of benzene rings is 4. The van der Waals surface area contributed by atoms with E-state index in [2.05, 4.69) is 74.9 Å². The molecule has 0 spiro atoms. The van der Waals surface area contributed by atoms with Crippen LogP contribution in [0.1, 0.15) is 95.6 Å². The van der Waals surface area contributed by atoms with Crippen LogP contribution in [0.4, 0.5) is 8.78 Å². The van der Waals surface area contributed by atoms with E-state index in [0.29, 0.717) is 49.2 Å². The second-order valence-corrected chi connectivity index (χ2v) is 25.7. The lowest BCUT2D eigenvalue weighted by molar-refractivity contribution is 0.103. The number of nitriles is 4. The SMILES string of the molecule is C/C=C1\C(=O)c2ccccc2C1=C(C#N)C#N.C/C=C1\C(=O)c2ccccc2C1=C(C#N)C#N.CC1(C)c2cc3cc(-c4cc#cs4)sc3c(F)c2-c2sc3c4c(sc3c21)-c1c(cc2cc(-c3cccs3)sc2c1F)C4(C)C. The zero-order valence-electron chi connectivity index (χ0n) is 42.2. The van der Waals surface area contributed by atoms with Gasteiger partial charge in [0.05, 0.1) is 23.7 Å². The molecule has 14 rings (SSSR count). The summed E-state index contributed by atoms with van der Waals surface area (Å²) in [6, 6.07) is 39.2. The highest BCUT2D eigenvalue weighted by molar-refractivity contribution is 7.32. The lowest BCUT2D eigenvalue weighted by Gasteiger charge is -2.22. The lowest BCUT2D eigenvalue weighted by atomic mass is 9.81. The Balaban J connectivity index is 0.000000147. The summed E-state index contributed by atoms with van der Waals surface area (Å²) in [4.78, 5) is 30.6. The van der Waals surface area contributed by atoms with E-state index in [1.54, 1.807) is 120 Å². The Morgan fingerprint density at radius 3 is 1.37 bits per heavy atom. The normalized spacial score (nSPS) is 15.5. The third-order valence-corrected chi connectivity index (χ3v) is 21.8. The minimum atomic E-state index is -0.373. The van der Waals surface area contributed by atoms with Crippen LogP contribution in [-0.4, -0.2) is 11.6 Å². The van der Waals surface area contributed by atoms with E-state index >= 15 is 8.78 Å². The first-order valence-electron chi connectivity index (χ1n) is 24.4. The van der Waals surface area contributed by atoms with E-state index < -0.39 is 0 Å². The van der Waals surface area contributed by atoms with Crippen LogP contribution in [0.5, 0.6) is 0 Å². The van der Waals surface area contributed by atoms with Crippen LogP contribution in [0.2, 0.25) is 0 Å². The van der Waals surface area contributed by atoms with Crippen molar-refractivity contribution in [2.24, 2.45) is 0 Å². The van der Waals surface area contributed by atoms with Gasteiger partial charge in [-0.25, -0.2) is 8.78 Å². The van der Waals surface area contributed by atoms with Crippen molar-refractivity contribution in [3.63, 3.8) is 0 Å². The Kier molecular flexibility index (Phi) is 12.2. The molecule has 0 saturated carbocycles. The highest BCUT2D eigenvalue weighted by Crippen LogP contribution is 2.65. The summed E-state index contributed by atoms with van der Waals surface area (Å²) in [6.45, 7) is 12.3. The molecule has 0 fully saturated rings. The smallest absolute Gasteiger partial charge is 0.194 e. The van der Waals surface area contributed by atoms with Crippen molar-refractivity contribution in [1.29, 1.82) is 21.0 Å². The van der Waals surface area contributed by atoms with E-state index in [0.717, 1.165) is 62.1 Å². The van der Waals surface area contributed by atoms with Crippen molar-refractivity contribution in [3.8, 4) is 64.7 Å². The van der Waals surface area contributed by atoms with E-state index in [9.17, 15) is 9.59 Å². The molecule has 0 amide bonds. The Labute approximate surface area is 471 Å². The molecule has 4 aliphatic rings. The maximum absolute atomic E-state index is 16.6. The molecule has 0 saturated heterocycles. The van der Waals surface area contributed by atoms with Crippen LogP contribution < -0.4 is 0 Å². The maximum atomic E-state index is 16.6. The molecule has 6 heterocycles. The van der Waals surface area contributed by atoms with Gasteiger partial charge in [0.2, 0.25) is 0 Å². The summed E-state index contributed by atoms with van der Waals surface area (Å²) in [5, 5.41) is 42.8. The van der Waals surface area contributed by atoms with Gasteiger partial charge in [0, 0.05) is 85.8 Å². The number of fused-ring (bicyclic) bond motifs is 13. The summed E-state index contributed by atoms with van der Waals surface area (Å²) in [5.74, 6) is -0.471. The molecule has 0 radical (unpaired) electrons. The number of thiophene rings is 5. The van der Waals surface area contributed by atoms with Crippen LogP contribution in [0.15, 0.2) is 131 Å². The molecule has 6 nitrogen and oxygen atoms in total. The minimum absolute atomic E-state index is 0.0172. The van der Waals surface area contributed by atoms with Crippen LogP contribution in [0.3, 0.4) is 0 Å². The number of Topliss-reactive ketones (excluding diaryl/α,β-unsaturated/α-hetero) is 2. The van der Waals surface area contributed by atoms with Gasteiger partial charge in [0.25, 0.3) is 0 Å². The molecule has 0 N–H and O–H groups in total. The lowest BCUT2D eigenvalue weighted by Crippen LogP contribution is -2.16. The molecule has 6 aromatic heterocycles. The van der Waals surface area contributed by atoms with Gasteiger partial charge in [-0.3, -0.25) is 9.59 Å². The summed E-state index contributed by atoms with van der Waals surface area (Å²) in [7, 11) is 0. The maximum Gasteiger partial charge on any atom is 0.194 e. The molecular formula is C64H36F2N4O2S6. The molecule has 374 valence electrons. The van der Waals surface area contributed by atoms with Gasteiger partial charge in [0.15, 0.2) is 11.6 Å². The van der Waals surface area contributed by atoms with Crippen molar-refractivity contribution >= 4 is 120 Å². The predicted molar refractivity (Wildman–Crippen MR) is 315 cm³/mol. The molecule has 78 heavy (non-hydrogen) atoms. The molecule has 14 heteroatoms. The van der Waals surface area contributed by atoms with Crippen molar-refractivity contribution in [2.75, 3.05) is 0 Å². The van der Waals surface area contributed by atoms with Crippen LogP contribution >= 0.6 is 68.0 Å². The van der Waals surface area contributed by atoms with E-state index in [1.165, 1.54) is 48.1 Å². The number of ketones is 2. The van der Waals surface area contributed by atoms with Crippen LogP contribution in [0.25, 0.3) is 81.1 Å². The molecule has 10 aromatic rings. The Morgan fingerprint density at radius 2 is 0.987 bits per heavy atom. The number of hydrogen-bond donors (Lipinski definition) is 0. The van der Waals surface area contributed by atoms with Gasteiger partial charge < -0.3 is 0 Å². The highest BCUT2D eigenvalue weighted by atomic mass is 32.1. The second kappa shape index (κ2) is 18.8. The van der Waals surface area contributed by atoms with Crippen molar-refractivity contribution in [2.45, 2.75) is 52.4 Å². The van der Waals surface area contributed by atoms with Crippen LogP contribution in [-0.2, 0) is 10.8 Å². The second-order valence-electron chi connectivity index (χ2n) is 19.7. The number of hydrogen-bond acceptors (Lipinski definition) is 12. The molecule has 0 bridgehead atoms. The predicted octanol–water partition coefficient (Wildman–Crippen LogP) is 18.6. The summed E-state index contributed by atoms with van der Waals surface area (Å²) < 4.78 is 37.0. The van der Waals surface area contributed by atoms with Gasteiger partial charge >= 0.3 is 0 Å². The van der Waals surface area contributed by atoms with Crippen molar-refractivity contribution in [1.82, 2.24) is 0 Å². The largest absolute Gasteiger partial charge is 0.289 e. The fourth-order valence-electron chi connectivity index (χ4n) is 11.4. The number of allylic oxidation sites excluding steroid dienone is 8. The number of carbonyl (C=O) groups excluding carboxylic acids is 2. The average Bonchev–Trinajstić information content (AvgIpc) is 3.47. The average molecular weight is 1120 g/mol. The summed E-state index contributed by atoms with van der Waals surface area (Å²) >= 11 is 9.67. The number of nitrogens with zero attached hydrogens (tertiary/aromatic N) is 4. The first-order chi connectivity index (χ1) is 37.6. The van der Waals surface area contributed by atoms with Gasteiger partial charge in [-0.15, -0.1) is 56.7 Å². The first kappa shape index (κ1) is 50.6. The monoisotopic (exact) mass is 1120 g/mol. The van der Waals surface area contributed by atoms with Gasteiger partial charge in [-0.2, -0.15) is 21.0 Å². The Hall–Kier alpha value is -8.20. The van der Waals surface area contributed by atoms with Crippen molar-refractivity contribution < 1.29 is 18.4 Å². The molecule has 4 aliphatic carbocycles. The quantitative estimate of drug-likeness (QED) is 0.125. The zero-order valence-corrected chi connectivity index (χ0v) is 47.1. The van der Waals surface area contributed by atoms with Gasteiger partial charge in [0.1, 0.15) is 47.1 Å². The molecule has 0 unspecified atom stereocenters. The standard InChI is InChI=1S/C36H20F2S6.2C14H8N2O/c1-35(2)17-11-15-13-21(19-7-5-9-39-19)41-29(15)27(37)23(17)31-25(35)33-34(43-31)26-32(44-33)24-18(36(26,3)4)12-16-14-22(20-8-6-10-40-20)42-30(16)28(24)38;2*1-2-10-13(9(7-15)8-16)11-5-3-4-6-12(11)14(10)17/h5,7-9,11-14H,1-4H3;2*2-6H,1H3/b;2*10-2-. The fraction of sp³-hybridized carbons (Fsp3) is 0.125. The third-order valence-electron chi connectivity index (χ3n) is 14.9. The van der Waals surface area contributed by atoms with Gasteiger partial charge in [-0.1, -0.05) is 112 Å². The topological polar surface area (TPSA) is 129 Å². The van der Waals surface area contributed by atoms with Crippen molar-refractivity contribution in [3.05, 3.63) is 198 Å². The molecular weight excluding hydrogens is 1090 g/mol. The number of halogens is 2. The minimum Gasteiger partial charge on any atom is -0.289 e. The number of rotatable bonds is 2. The molecule has 0 atom stereocenters. The number of carbonyl (C=O) groups is 2. The third kappa shape index (κ3) is 7.28. The Bertz CT molecular complexity index is 4310. The van der Waals surface area contributed by atoms with Crippen LogP contribution in [0, 0.1) is 68.4 Å². The van der Waals surface area contributed by atoms with E-state index in [1.807, 2.05) is 36.4 Å². The fourth-order valence-corrected chi connectivity index (χ4v) is 18.6. The first-order valence-corrected chi connectivity index (χ1v) is 29.4. The summed E-state index contributed by atoms with van der Waals surface area (Å²) in [5.41, 5.74) is 9.45. The molecule has 0 aliphatic heterocycles. The van der Waals surface area contributed by atoms with Gasteiger partial charge in [-0.05, 0) is 99.1 Å². The Morgan fingerprint density at radius 1 is 0.551 bits per heavy atom. The van der Waals surface area contributed by atoms with E-state index in [-0.39, 0.29) is 45.2 Å². The zero-order chi connectivity index (χ0) is 54.7. The summed E-state index contributed by atoms with van der Waals surface area (Å²) in [6.07, 6.45) is 3.29. The molecule has 4 aromatic carbocycles.